The van der Waals surface area contributed by atoms with E-state index in [2.05, 4.69) is 48.0 Å². The Hall–Kier alpha value is -2.31. The van der Waals surface area contributed by atoms with Crippen LogP contribution in [0, 0.1) is 0 Å². The highest BCUT2D eigenvalue weighted by molar-refractivity contribution is 5.84. The van der Waals surface area contributed by atoms with Gasteiger partial charge in [-0.05, 0) is 6.92 Å². The van der Waals surface area contributed by atoms with Gasteiger partial charge in [-0.15, -0.1) is 0 Å². The maximum Gasteiger partial charge on any atom is 0.243 e. The van der Waals surface area contributed by atoms with E-state index in [-0.39, 0.29) is 17.9 Å². The molecule has 0 spiro atoms. The van der Waals surface area contributed by atoms with Crippen molar-refractivity contribution in [2.75, 3.05) is 27.2 Å². The van der Waals surface area contributed by atoms with Gasteiger partial charge >= 0.3 is 0 Å². The molecule has 0 aliphatic rings. The fraction of sp³-hybridized carbons (Fsp3) is 0.588. The number of carbonyl (C=O) groups is 1. The van der Waals surface area contributed by atoms with Gasteiger partial charge in [0, 0.05) is 26.1 Å². The predicted octanol–water partition coefficient (Wildman–Crippen LogP) is 1.67. The second kappa shape index (κ2) is 8.52. The van der Waals surface area contributed by atoms with E-state index in [0.717, 1.165) is 11.3 Å². The van der Waals surface area contributed by atoms with Gasteiger partial charge in [-0.25, -0.2) is 9.98 Å². The maximum atomic E-state index is 11.7. The van der Waals surface area contributed by atoms with Crippen LogP contribution in [0.2, 0.25) is 0 Å². The highest BCUT2D eigenvalue weighted by Gasteiger charge is 2.19. The van der Waals surface area contributed by atoms with Crippen LogP contribution in [0.5, 0.6) is 0 Å². The van der Waals surface area contributed by atoms with Gasteiger partial charge in [0.1, 0.15) is 12.3 Å². The van der Waals surface area contributed by atoms with Crippen molar-refractivity contribution < 1.29 is 9.21 Å². The molecule has 0 radical (unpaired) electrons. The number of hydrogen-bond acceptors (Lipinski definition) is 4. The summed E-state index contributed by atoms with van der Waals surface area (Å²) in [6.07, 6.45) is 1.74. The standard InChI is InChI=1S/C17H29N5O2/c1-12(2)8-19-16(21-11-15(23)22(6)7)20-10-14-18-9-13(24-14)17(3,4)5/h9H,1,8,10-11H2,2-7H3,(H2,19,20,21). The number of aliphatic imine (C=N–C) groups is 1. The minimum absolute atomic E-state index is 0.0668. The molecule has 0 saturated carbocycles. The van der Waals surface area contributed by atoms with E-state index in [0.29, 0.717) is 24.9 Å². The summed E-state index contributed by atoms with van der Waals surface area (Å²) in [6, 6.07) is 0. The Morgan fingerprint density at radius 1 is 1.38 bits per heavy atom. The van der Waals surface area contributed by atoms with E-state index in [1.54, 1.807) is 20.3 Å². The minimum Gasteiger partial charge on any atom is -0.443 e. The van der Waals surface area contributed by atoms with Crippen LogP contribution in [0.25, 0.3) is 0 Å². The zero-order valence-corrected chi connectivity index (χ0v) is 15.6. The van der Waals surface area contributed by atoms with Crippen LogP contribution in [-0.2, 0) is 16.8 Å². The molecule has 0 aliphatic heterocycles. The summed E-state index contributed by atoms with van der Waals surface area (Å²) in [5.74, 6) is 1.85. The van der Waals surface area contributed by atoms with Crippen LogP contribution in [0.1, 0.15) is 39.3 Å². The monoisotopic (exact) mass is 335 g/mol. The molecule has 1 heterocycles. The first-order chi connectivity index (χ1) is 11.1. The highest BCUT2D eigenvalue weighted by atomic mass is 16.4. The lowest BCUT2D eigenvalue weighted by molar-refractivity contribution is -0.127. The van der Waals surface area contributed by atoms with Crippen molar-refractivity contribution in [1.82, 2.24) is 20.5 Å². The molecule has 0 aromatic carbocycles. The molecule has 0 fully saturated rings. The van der Waals surface area contributed by atoms with E-state index < -0.39 is 0 Å². The second-order valence-electron chi connectivity index (χ2n) is 6.99. The van der Waals surface area contributed by atoms with E-state index >= 15 is 0 Å². The largest absolute Gasteiger partial charge is 0.443 e. The van der Waals surface area contributed by atoms with Gasteiger partial charge in [-0.2, -0.15) is 0 Å². The summed E-state index contributed by atoms with van der Waals surface area (Å²) in [5.41, 5.74) is 0.882. The van der Waals surface area contributed by atoms with E-state index in [1.165, 1.54) is 4.90 Å². The average Bonchev–Trinajstić information content (AvgIpc) is 2.94. The summed E-state index contributed by atoms with van der Waals surface area (Å²) < 4.78 is 5.74. The third-order valence-corrected chi connectivity index (χ3v) is 3.13. The number of guanidine groups is 1. The molecule has 0 atom stereocenters. The summed E-state index contributed by atoms with van der Waals surface area (Å²) in [6.45, 7) is 13.0. The van der Waals surface area contributed by atoms with Crippen LogP contribution in [0.15, 0.2) is 27.8 Å². The first-order valence-electron chi connectivity index (χ1n) is 7.91. The van der Waals surface area contributed by atoms with Crippen molar-refractivity contribution in [2.45, 2.75) is 39.7 Å². The summed E-state index contributed by atoms with van der Waals surface area (Å²) in [4.78, 5) is 21.7. The number of carbonyl (C=O) groups excluding carboxylic acids is 1. The molecule has 0 aliphatic carbocycles. The highest BCUT2D eigenvalue weighted by Crippen LogP contribution is 2.22. The molecule has 1 rings (SSSR count). The molecule has 0 unspecified atom stereocenters. The zero-order chi connectivity index (χ0) is 18.3. The zero-order valence-electron chi connectivity index (χ0n) is 15.6. The Balaban J connectivity index is 2.70. The smallest absolute Gasteiger partial charge is 0.243 e. The molecule has 1 amide bonds. The summed E-state index contributed by atoms with van der Waals surface area (Å²) >= 11 is 0. The van der Waals surface area contributed by atoms with Crippen molar-refractivity contribution in [2.24, 2.45) is 4.99 Å². The van der Waals surface area contributed by atoms with Gasteiger partial charge in [0.25, 0.3) is 0 Å². The van der Waals surface area contributed by atoms with Crippen LogP contribution in [-0.4, -0.2) is 48.9 Å². The summed E-state index contributed by atoms with van der Waals surface area (Å²) in [5, 5.41) is 6.24. The normalized spacial score (nSPS) is 12.0. The molecule has 7 heteroatoms. The van der Waals surface area contributed by atoms with E-state index in [9.17, 15) is 4.79 Å². The van der Waals surface area contributed by atoms with E-state index in [4.69, 9.17) is 4.42 Å². The minimum atomic E-state index is -0.0848. The second-order valence-corrected chi connectivity index (χ2v) is 6.99. The number of hydrogen-bond donors (Lipinski definition) is 2. The molecular weight excluding hydrogens is 306 g/mol. The van der Waals surface area contributed by atoms with Gasteiger partial charge < -0.3 is 20.0 Å². The van der Waals surface area contributed by atoms with Crippen LogP contribution >= 0.6 is 0 Å². The molecule has 2 N–H and O–H groups in total. The first-order valence-corrected chi connectivity index (χ1v) is 7.91. The van der Waals surface area contributed by atoms with Crippen molar-refractivity contribution >= 4 is 11.9 Å². The first kappa shape index (κ1) is 19.7. The Labute approximate surface area is 144 Å². The lowest BCUT2D eigenvalue weighted by atomic mass is 9.94. The Morgan fingerprint density at radius 2 is 2.04 bits per heavy atom. The number of nitrogens with zero attached hydrogens (tertiary/aromatic N) is 3. The van der Waals surface area contributed by atoms with Gasteiger partial charge in [-0.3, -0.25) is 4.79 Å². The topological polar surface area (TPSA) is 82.8 Å². The van der Waals surface area contributed by atoms with Crippen molar-refractivity contribution in [3.63, 3.8) is 0 Å². The lowest BCUT2D eigenvalue weighted by Crippen LogP contribution is -2.39. The molecule has 1 aromatic rings. The quantitative estimate of drug-likeness (QED) is 0.469. The lowest BCUT2D eigenvalue weighted by Gasteiger charge is -2.14. The molecule has 7 nitrogen and oxygen atoms in total. The fourth-order valence-electron chi connectivity index (χ4n) is 1.60. The number of aromatic nitrogens is 1. The van der Waals surface area contributed by atoms with Crippen molar-refractivity contribution in [3.05, 3.63) is 30.0 Å². The third-order valence-electron chi connectivity index (χ3n) is 3.13. The Morgan fingerprint density at radius 3 is 2.54 bits per heavy atom. The van der Waals surface area contributed by atoms with Crippen LogP contribution in [0.3, 0.4) is 0 Å². The molecule has 24 heavy (non-hydrogen) atoms. The molecule has 0 bridgehead atoms. The Kier molecular flexibility index (Phi) is 7.00. The SMILES string of the molecule is C=C(C)CNC(=NCC(=O)N(C)C)NCc1ncc(C(C)(C)C)o1. The number of nitrogens with one attached hydrogen (secondary N) is 2. The number of oxazole rings is 1. The average molecular weight is 335 g/mol. The maximum absolute atomic E-state index is 11.7. The third kappa shape index (κ3) is 6.85. The number of rotatable bonds is 6. The molecule has 0 saturated heterocycles. The van der Waals surface area contributed by atoms with Crippen molar-refractivity contribution in [1.29, 1.82) is 0 Å². The van der Waals surface area contributed by atoms with Crippen molar-refractivity contribution in [3.8, 4) is 0 Å². The van der Waals surface area contributed by atoms with Crippen LogP contribution in [0.4, 0.5) is 0 Å². The molecular formula is C17H29N5O2. The molecule has 1 aromatic heterocycles. The Bertz CT molecular complexity index is 596. The van der Waals surface area contributed by atoms with Gasteiger partial charge in [-0.1, -0.05) is 32.9 Å². The molecule has 134 valence electrons. The van der Waals surface area contributed by atoms with Gasteiger partial charge in [0.15, 0.2) is 5.96 Å². The predicted molar refractivity (Wildman–Crippen MR) is 95.9 cm³/mol. The van der Waals surface area contributed by atoms with Gasteiger partial charge in [0.05, 0.1) is 12.7 Å². The van der Waals surface area contributed by atoms with Gasteiger partial charge in [0.2, 0.25) is 11.8 Å². The number of likely N-dealkylation sites (N-methyl/N-ethyl adjacent to an activating group) is 1. The fourth-order valence-corrected chi connectivity index (χ4v) is 1.60. The summed E-state index contributed by atoms with van der Waals surface area (Å²) in [7, 11) is 3.40. The van der Waals surface area contributed by atoms with Crippen LogP contribution < -0.4 is 10.6 Å². The van der Waals surface area contributed by atoms with E-state index in [1.807, 2.05) is 6.92 Å². The number of amides is 1.